The highest BCUT2D eigenvalue weighted by molar-refractivity contribution is 7.13. The third kappa shape index (κ3) is 2.71. The van der Waals surface area contributed by atoms with Crippen LogP contribution in [0.4, 0.5) is 4.39 Å². The SMILES string of the molecule is O=C(c1nc(-c2cccs2)n(-c2cccc(F)c2)n1)N1CCCC1. The first-order valence-electron chi connectivity index (χ1n) is 7.78. The van der Waals surface area contributed by atoms with Gasteiger partial charge in [0, 0.05) is 13.1 Å². The zero-order chi connectivity index (χ0) is 16.5. The van der Waals surface area contributed by atoms with Gasteiger partial charge in [-0.1, -0.05) is 12.1 Å². The highest BCUT2D eigenvalue weighted by Gasteiger charge is 2.25. The van der Waals surface area contributed by atoms with E-state index in [4.69, 9.17) is 0 Å². The molecule has 122 valence electrons. The fraction of sp³-hybridized carbons (Fsp3) is 0.235. The van der Waals surface area contributed by atoms with Gasteiger partial charge in [-0.2, -0.15) is 0 Å². The van der Waals surface area contributed by atoms with Crippen LogP contribution in [0.5, 0.6) is 0 Å². The normalized spacial score (nSPS) is 14.3. The number of hydrogen-bond acceptors (Lipinski definition) is 4. The van der Waals surface area contributed by atoms with E-state index in [1.807, 2.05) is 17.5 Å². The minimum atomic E-state index is -0.354. The summed E-state index contributed by atoms with van der Waals surface area (Å²) >= 11 is 1.50. The lowest BCUT2D eigenvalue weighted by Gasteiger charge is -2.11. The number of nitrogens with zero attached hydrogens (tertiary/aromatic N) is 4. The zero-order valence-electron chi connectivity index (χ0n) is 12.9. The van der Waals surface area contributed by atoms with E-state index in [2.05, 4.69) is 10.1 Å². The van der Waals surface area contributed by atoms with E-state index in [0.29, 0.717) is 11.5 Å². The molecule has 3 heterocycles. The summed E-state index contributed by atoms with van der Waals surface area (Å²) in [4.78, 5) is 19.7. The van der Waals surface area contributed by atoms with Crippen LogP contribution in [0.25, 0.3) is 16.4 Å². The first-order chi connectivity index (χ1) is 11.7. The zero-order valence-corrected chi connectivity index (χ0v) is 13.7. The maximum atomic E-state index is 13.6. The van der Waals surface area contributed by atoms with Crippen LogP contribution in [0.2, 0.25) is 0 Å². The highest BCUT2D eigenvalue weighted by atomic mass is 32.1. The molecule has 0 N–H and O–H groups in total. The van der Waals surface area contributed by atoms with Gasteiger partial charge in [0.15, 0.2) is 5.82 Å². The quantitative estimate of drug-likeness (QED) is 0.733. The van der Waals surface area contributed by atoms with Crippen molar-refractivity contribution in [1.29, 1.82) is 0 Å². The van der Waals surface area contributed by atoms with E-state index in [1.54, 1.807) is 17.0 Å². The fourth-order valence-corrected chi connectivity index (χ4v) is 3.52. The number of thiophene rings is 1. The van der Waals surface area contributed by atoms with Gasteiger partial charge in [0.05, 0.1) is 10.6 Å². The average molecular weight is 342 g/mol. The van der Waals surface area contributed by atoms with Gasteiger partial charge >= 0.3 is 0 Å². The van der Waals surface area contributed by atoms with Crippen LogP contribution in [-0.2, 0) is 0 Å². The number of hydrogen-bond donors (Lipinski definition) is 0. The summed E-state index contributed by atoms with van der Waals surface area (Å²) in [5.74, 6) is 0.190. The van der Waals surface area contributed by atoms with Crippen molar-refractivity contribution < 1.29 is 9.18 Å². The Morgan fingerprint density at radius 3 is 2.71 bits per heavy atom. The Balaban J connectivity index is 1.80. The van der Waals surface area contributed by atoms with Crippen LogP contribution >= 0.6 is 11.3 Å². The molecule has 1 aliphatic rings. The molecule has 0 bridgehead atoms. The first-order valence-corrected chi connectivity index (χ1v) is 8.66. The molecule has 2 aromatic heterocycles. The van der Waals surface area contributed by atoms with Gasteiger partial charge in [-0.3, -0.25) is 4.79 Å². The van der Waals surface area contributed by atoms with Crippen molar-refractivity contribution >= 4 is 17.2 Å². The summed E-state index contributed by atoms with van der Waals surface area (Å²) in [5.41, 5.74) is 0.548. The topological polar surface area (TPSA) is 51.0 Å². The minimum Gasteiger partial charge on any atom is -0.336 e. The lowest BCUT2D eigenvalue weighted by Crippen LogP contribution is -2.28. The Morgan fingerprint density at radius 2 is 2.00 bits per heavy atom. The lowest BCUT2D eigenvalue weighted by atomic mass is 10.3. The van der Waals surface area contributed by atoms with Gasteiger partial charge < -0.3 is 4.90 Å². The molecular formula is C17H15FN4OS. The predicted octanol–water partition coefficient (Wildman–Crippen LogP) is 3.37. The van der Waals surface area contributed by atoms with Crippen LogP contribution in [0, 0.1) is 5.82 Å². The van der Waals surface area contributed by atoms with E-state index in [9.17, 15) is 9.18 Å². The monoisotopic (exact) mass is 342 g/mol. The number of carbonyl (C=O) groups is 1. The predicted molar refractivity (Wildman–Crippen MR) is 89.8 cm³/mol. The van der Waals surface area contributed by atoms with Gasteiger partial charge in [-0.25, -0.2) is 14.1 Å². The summed E-state index contributed by atoms with van der Waals surface area (Å²) in [6, 6.07) is 9.95. The minimum absolute atomic E-state index is 0.157. The Kier molecular flexibility index (Phi) is 3.86. The highest BCUT2D eigenvalue weighted by Crippen LogP contribution is 2.26. The molecular weight excluding hydrogens is 327 g/mol. The summed E-state index contributed by atoms with van der Waals surface area (Å²) < 4.78 is 15.1. The van der Waals surface area contributed by atoms with Crippen LogP contribution in [-0.4, -0.2) is 38.7 Å². The Morgan fingerprint density at radius 1 is 1.17 bits per heavy atom. The molecule has 24 heavy (non-hydrogen) atoms. The largest absolute Gasteiger partial charge is 0.336 e. The van der Waals surface area contributed by atoms with Crippen molar-refractivity contribution in [2.24, 2.45) is 0 Å². The molecule has 0 radical (unpaired) electrons. The molecule has 0 spiro atoms. The molecule has 1 saturated heterocycles. The third-order valence-corrected chi connectivity index (χ3v) is 4.85. The number of likely N-dealkylation sites (tertiary alicyclic amines) is 1. The van der Waals surface area contributed by atoms with Gasteiger partial charge in [-0.05, 0) is 42.5 Å². The Hall–Kier alpha value is -2.54. The van der Waals surface area contributed by atoms with Gasteiger partial charge in [-0.15, -0.1) is 16.4 Å². The average Bonchev–Trinajstić information content (AvgIpc) is 3.33. The van der Waals surface area contributed by atoms with Crippen LogP contribution in [0.3, 0.4) is 0 Å². The standard InChI is InChI=1S/C17H15FN4OS/c18-12-5-3-6-13(11-12)22-16(14-7-4-10-24-14)19-15(20-22)17(23)21-8-1-2-9-21/h3-7,10-11H,1-2,8-9H2. The fourth-order valence-electron chi connectivity index (χ4n) is 2.82. The van der Waals surface area contributed by atoms with E-state index < -0.39 is 0 Å². The molecule has 1 amide bonds. The molecule has 0 saturated carbocycles. The van der Waals surface area contributed by atoms with Crippen LogP contribution < -0.4 is 0 Å². The number of amides is 1. The molecule has 4 rings (SSSR count). The molecule has 3 aromatic rings. The maximum absolute atomic E-state index is 13.6. The number of halogens is 1. The second-order valence-electron chi connectivity index (χ2n) is 5.63. The number of carbonyl (C=O) groups excluding carboxylic acids is 1. The van der Waals surface area contributed by atoms with Crippen molar-refractivity contribution in [2.45, 2.75) is 12.8 Å². The number of aromatic nitrogens is 3. The summed E-state index contributed by atoms with van der Waals surface area (Å²) in [6.45, 7) is 1.48. The number of rotatable bonds is 3. The van der Waals surface area contributed by atoms with Gasteiger partial charge in [0.25, 0.3) is 5.91 Å². The van der Waals surface area contributed by atoms with Crippen molar-refractivity contribution in [2.75, 3.05) is 13.1 Å². The van der Waals surface area contributed by atoms with Crippen molar-refractivity contribution in [1.82, 2.24) is 19.7 Å². The first kappa shape index (κ1) is 15.0. The van der Waals surface area contributed by atoms with Crippen LogP contribution in [0.15, 0.2) is 41.8 Å². The Bertz CT molecular complexity index is 869. The van der Waals surface area contributed by atoms with E-state index in [1.165, 1.54) is 28.2 Å². The second kappa shape index (κ2) is 6.16. The summed E-state index contributed by atoms with van der Waals surface area (Å²) in [5, 5.41) is 6.31. The van der Waals surface area contributed by atoms with Crippen molar-refractivity contribution in [3.63, 3.8) is 0 Å². The van der Waals surface area contributed by atoms with Gasteiger partial charge in [0.2, 0.25) is 5.82 Å². The third-order valence-electron chi connectivity index (χ3n) is 3.99. The van der Waals surface area contributed by atoms with Crippen LogP contribution in [0.1, 0.15) is 23.5 Å². The second-order valence-corrected chi connectivity index (χ2v) is 6.57. The molecule has 0 atom stereocenters. The molecule has 0 unspecified atom stereocenters. The molecule has 1 aliphatic heterocycles. The molecule has 0 aliphatic carbocycles. The smallest absolute Gasteiger partial charge is 0.293 e. The maximum Gasteiger partial charge on any atom is 0.293 e. The lowest BCUT2D eigenvalue weighted by molar-refractivity contribution is 0.0781. The van der Waals surface area contributed by atoms with E-state index in [-0.39, 0.29) is 17.5 Å². The number of benzene rings is 1. The van der Waals surface area contributed by atoms with Crippen molar-refractivity contribution in [3.8, 4) is 16.4 Å². The molecule has 1 fully saturated rings. The van der Waals surface area contributed by atoms with Gasteiger partial charge in [0.1, 0.15) is 5.82 Å². The van der Waals surface area contributed by atoms with E-state index >= 15 is 0 Å². The summed E-state index contributed by atoms with van der Waals surface area (Å²) in [7, 11) is 0. The Labute approximate surface area is 142 Å². The van der Waals surface area contributed by atoms with E-state index in [0.717, 1.165) is 30.8 Å². The molecule has 7 heteroatoms. The molecule has 5 nitrogen and oxygen atoms in total. The molecule has 1 aromatic carbocycles. The summed E-state index contributed by atoms with van der Waals surface area (Å²) in [6.07, 6.45) is 2.02. The van der Waals surface area contributed by atoms with Crippen molar-refractivity contribution in [3.05, 3.63) is 53.4 Å².